The number of nitrogens with zero attached hydrogens (tertiary/aromatic N) is 3. The summed E-state index contributed by atoms with van der Waals surface area (Å²) in [6.07, 6.45) is 3.33. The van der Waals surface area contributed by atoms with Crippen molar-refractivity contribution in [3.63, 3.8) is 0 Å². The van der Waals surface area contributed by atoms with Gasteiger partial charge in [0, 0.05) is 32.4 Å². The SMILES string of the molecule is C=CCNC(=O)[C@@H](C)N1CCO[C@@H](CNc2cccnn2)C1. The largest absolute Gasteiger partial charge is 0.374 e. The van der Waals surface area contributed by atoms with Crippen molar-refractivity contribution < 1.29 is 9.53 Å². The molecule has 0 saturated carbocycles. The molecule has 7 nitrogen and oxygen atoms in total. The first kappa shape index (κ1) is 16.4. The molecule has 2 rings (SSSR count). The minimum absolute atomic E-state index is 0.0161. The number of nitrogens with one attached hydrogen (secondary N) is 2. The van der Waals surface area contributed by atoms with E-state index in [1.807, 2.05) is 19.1 Å². The summed E-state index contributed by atoms with van der Waals surface area (Å²) in [6.45, 7) is 8.72. The Bertz CT molecular complexity index is 482. The topological polar surface area (TPSA) is 79.4 Å². The van der Waals surface area contributed by atoms with Gasteiger partial charge in [0.2, 0.25) is 5.91 Å². The summed E-state index contributed by atoms with van der Waals surface area (Å²) < 4.78 is 5.74. The predicted octanol–water partition coefficient (Wildman–Crippen LogP) is 0.280. The molecule has 2 heterocycles. The third kappa shape index (κ3) is 4.78. The highest BCUT2D eigenvalue weighted by atomic mass is 16.5. The fourth-order valence-corrected chi connectivity index (χ4v) is 2.32. The van der Waals surface area contributed by atoms with Gasteiger partial charge < -0.3 is 15.4 Å². The zero-order valence-corrected chi connectivity index (χ0v) is 12.9. The van der Waals surface area contributed by atoms with Crippen molar-refractivity contribution in [2.45, 2.75) is 19.1 Å². The maximum Gasteiger partial charge on any atom is 0.237 e. The zero-order valence-electron chi connectivity index (χ0n) is 12.9. The highest BCUT2D eigenvalue weighted by Gasteiger charge is 2.27. The summed E-state index contributed by atoms with van der Waals surface area (Å²) in [5, 5.41) is 13.8. The molecule has 1 amide bonds. The van der Waals surface area contributed by atoms with E-state index in [0.29, 0.717) is 26.2 Å². The number of anilines is 1. The van der Waals surface area contributed by atoms with Gasteiger partial charge in [0.25, 0.3) is 0 Å². The Kier molecular flexibility index (Phi) is 6.29. The van der Waals surface area contributed by atoms with Crippen molar-refractivity contribution in [3.05, 3.63) is 31.0 Å². The standard InChI is InChI=1S/C15H23N5O2/c1-3-6-16-15(21)12(2)20-8-9-22-13(11-20)10-17-14-5-4-7-18-19-14/h3-5,7,12-13H,1,6,8-11H2,2H3,(H,16,21)(H,17,19)/t12-,13+/m1/s1. The number of carbonyl (C=O) groups is 1. The number of hydrogen-bond donors (Lipinski definition) is 2. The van der Waals surface area contributed by atoms with Gasteiger partial charge in [-0.3, -0.25) is 9.69 Å². The summed E-state index contributed by atoms with van der Waals surface area (Å²) >= 11 is 0. The number of carbonyl (C=O) groups excluding carboxylic acids is 1. The Balaban J connectivity index is 1.80. The smallest absolute Gasteiger partial charge is 0.237 e. The summed E-state index contributed by atoms with van der Waals surface area (Å²) in [7, 11) is 0. The van der Waals surface area contributed by atoms with Crippen molar-refractivity contribution in [3.8, 4) is 0 Å². The number of amides is 1. The normalized spacial score (nSPS) is 20.1. The van der Waals surface area contributed by atoms with Crippen LogP contribution in [0.3, 0.4) is 0 Å². The molecule has 0 radical (unpaired) electrons. The summed E-state index contributed by atoms with van der Waals surface area (Å²) in [5.74, 6) is 0.738. The third-order valence-corrected chi connectivity index (χ3v) is 3.60. The first-order chi connectivity index (χ1) is 10.7. The molecule has 120 valence electrons. The molecule has 1 saturated heterocycles. The Hall–Kier alpha value is -1.99. The Morgan fingerprint density at radius 1 is 1.68 bits per heavy atom. The number of morpholine rings is 1. The lowest BCUT2D eigenvalue weighted by Gasteiger charge is -2.36. The van der Waals surface area contributed by atoms with Gasteiger partial charge in [-0.15, -0.1) is 11.7 Å². The second kappa shape index (κ2) is 8.45. The van der Waals surface area contributed by atoms with E-state index in [2.05, 4.69) is 32.3 Å². The number of hydrogen-bond acceptors (Lipinski definition) is 6. The molecule has 1 aromatic heterocycles. The minimum atomic E-state index is -0.178. The molecule has 2 N–H and O–H groups in total. The van der Waals surface area contributed by atoms with Crippen LogP contribution >= 0.6 is 0 Å². The van der Waals surface area contributed by atoms with Crippen LogP contribution in [0.5, 0.6) is 0 Å². The van der Waals surface area contributed by atoms with E-state index in [-0.39, 0.29) is 18.1 Å². The van der Waals surface area contributed by atoms with Crippen LogP contribution in [0.15, 0.2) is 31.0 Å². The first-order valence-electron chi connectivity index (χ1n) is 7.46. The van der Waals surface area contributed by atoms with Crippen LogP contribution in [0.1, 0.15) is 6.92 Å². The fourth-order valence-electron chi connectivity index (χ4n) is 2.32. The van der Waals surface area contributed by atoms with Gasteiger partial charge >= 0.3 is 0 Å². The zero-order chi connectivity index (χ0) is 15.8. The fraction of sp³-hybridized carbons (Fsp3) is 0.533. The second-order valence-corrected chi connectivity index (χ2v) is 5.19. The Labute approximate surface area is 130 Å². The van der Waals surface area contributed by atoms with Gasteiger partial charge in [0.05, 0.1) is 18.8 Å². The van der Waals surface area contributed by atoms with Crippen LogP contribution < -0.4 is 10.6 Å². The van der Waals surface area contributed by atoms with Gasteiger partial charge in [-0.2, -0.15) is 5.10 Å². The van der Waals surface area contributed by atoms with E-state index in [0.717, 1.165) is 12.4 Å². The molecule has 7 heteroatoms. The van der Waals surface area contributed by atoms with Gasteiger partial charge in [-0.1, -0.05) is 6.08 Å². The number of aromatic nitrogens is 2. The Morgan fingerprint density at radius 3 is 3.27 bits per heavy atom. The second-order valence-electron chi connectivity index (χ2n) is 5.19. The van der Waals surface area contributed by atoms with Crippen LogP contribution in [0, 0.1) is 0 Å². The molecule has 1 aliphatic rings. The van der Waals surface area contributed by atoms with E-state index < -0.39 is 0 Å². The monoisotopic (exact) mass is 305 g/mol. The first-order valence-corrected chi connectivity index (χ1v) is 7.46. The molecule has 0 unspecified atom stereocenters. The average Bonchev–Trinajstić information content (AvgIpc) is 2.58. The van der Waals surface area contributed by atoms with E-state index in [1.54, 1.807) is 12.3 Å². The van der Waals surface area contributed by atoms with Crippen LogP contribution in [0.2, 0.25) is 0 Å². The molecule has 1 fully saturated rings. The molecule has 1 aromatic rings. The van der Waals surface area contributed by atoms with Crippen LogP contribution in [0.25, 0.3) is 0 Å². The third-order valence-electron chi connectivity index (χ3n) is 3.60. The number of rotatable bonds is 7. The van der Waals surface area contributed by atoms with Crippen LogP contribution in [-0.4, -0.2) is 65.9 Å². The van der Waals surface area contributed by atoms with Gasteiger partial charge in [-0.05, 0) is 19.1 Å². The lowest BCUT2D eigenvalue weighted by molar-refractivity contribution is -0.128. The molecule has 22 heavy (non-hydrogen) atoms. The van der Waals surface area contributed by atoms with Crippen LogP contribution in [0.4, 0.5) is 5.82 Å². The Morgan fingerprint density at radius 2 is 2.55 bits per heavy atom. The molecule has 0 aliphatic carbocycles. The summed E-state index contributed by atoms with van der Waals surface area (Å²) in [6, 6.07) is 3.51. The van der Waals surface area contributed by atoms with Gasteiger partial charge in [0.1, 0.15) is 5.82 Å². The molecular weight excluding hydrogens is 282 g/mol. The summed E-state index contributed by atoms with van der Waals surface area (Å²) in [4.78, 5) is 14.1. The van der Waals surface area contributed by atoms with Crippen molar-refractivity contribution in [2.24, 2.45) is 0 Å². The maximum absolute atomic E-state index is 12.0. The molecule has 2 atom stereocenters. The lowest BCUT2D eigenvalue weighted by Crippen LogP contribution is -2.53. The van der Waals surface area contributed by atoms with Gasteiger partial charge in [-0.25, -0.2) is 0 Å². The summed E-state index contributed by atoms with van der Waals surface area (Å²) in [5.41, 5.74) is 0. The van der Waals surface area contributed by atoms with E-state index in [1.165, 1.54) is 0 Å². The molecule has 0 bridgehead atoms. The van der Waals surface area contributed by atoms with Crippen molar-refractivity contribution >= 4 is 11.7 Å². The van der Waals surface area contributed by atoms with Crippen molar-refractivity contribution in [1.82, 2.24) is 20.4 Å². The van der Waals surface area contributed by atoms with E-state index in [4.69, 9.17) is 4.74 Å². The minimum Gasteiger partial charge on any atom is -0.374 e. The highest BCUT2D eigenvalue weighted by Crippen LogP contribution is 2.10. The van der Waals surface area contributed by atoms with Crippen LogP contribution in [-0.2, 0) is 9.53 Å². The van der Waals surface area contributed by atoms with Gasteiger partial charge in [0.15, 0.2) is 0 Å². The maximum atomic E-state index is 12.0. The van der Waals surface area contributed by atoms with E-state index in [9.17, 15) is 4.79 Å². The van der Waals surface area contributed by atoms with Crippen molar-refractivity contribution in [1.29, 1.82) is 0 Å². The predicted molar refractivity (Wildman–Crippen MR) is 84.5 cm³/mol. The molecular formula is C15H23N5O2. The highest BCUT2D eigenvalue weighted by molar-refractivity contribution is 5.81. The molecule has 1 aliphatic heterocycles. The number of ether oxygens (including phenoxy) is 1. The quantitative estimate of drug-likeness (QED) is 0.705. The lowest BCUT2D eigenvalue weighted by atomic mass is 10.2. The molecule has 0 spiro atoms. The van der Waals surface area contributed by atoms with E-state index >= 15 is 0 Å². The van der Waals surface area contributed by atoms with Crippen molar-refractivity contribution in [2.75, 3.05) is 38.1 Å². The average molecular weight is 305 g/mol. The molecule has 0 aromatic carbocycles.